The maximum absolute atomic E-state index is 14.1. The Morgan fingerprint density at radius 3 is 2.20 bits per heavy atom. The smallest absolute Gasteiger partial charge is 0.475 e. The van der Waals surface area contributed by atoms with Gasteiger partial charge in [-0.1, -0.05) is 81.5 Å². The minimum Gasteiger partial charge on any atom is -0.475 e. The number of primary amides is 1. The Morgan fingerprint density at radius 2 is 1.65 bits per heavy atom. The molecule has 2 aromatic rings. The van der Waals surface area contributed by atoms with Crippen LogP contribution in [0.3, 0.4) is 0 Å². The molecule has 1 aromatic heterocycles. The number of hydrogen-bond donors (Lipinski definition) is 5. The number of alkyl halides is 3. The highest BCUT2D eigenvalue weighted by Crippen LogP contribution is 2.30. The number of likely N-dealkylation sites (N-methyl/N-ethyl adjacent to an activating group) is 1. The minimum absolute atomic E-state index is 0.212. The van der Waals surface area contributed by atoms with Crippen LogP contribution in [0.15, 0.2) is 36.5 Å². The summed E-state index contributed by atoms with van der Waals surface area (Å²) in [6.07, 6.45) is 4.38. The van der Waals surface area contributed by atoms with Crippen LogP contribution in [-0.2, 0) is 36.8 Å². The second-order valence-electron chi connectivity index (χ2n) is 13.5. The molecule has 2 fully saturated rings. The Labute approximate surface area is 295 Å². The van der Waals surface area contributed by atoms with Gasteiger partial charge in [0.05, 0.1) is 17.8 Å². The number of halogens is 3. The molecule has 1 aliphatic heterocycles. The van der Waals surface area contributed by atoms with Gasteiger partial charge in [0.1, 0.15) is 18.1 Å². The van der Waals surface area contributed by atoms with E-state index in [2.05, 4.69) is 26.3 Å². The van der Waals surface area contributed by atoms with Crippen LogP contribution < -0.4 is 21.7 Å². The Balaban J connectivity index is 0.000000908. The van der Waals surface area contributed by atoms with E-state index >= 15 is 0 Å². The number of aliphatic carboxylic acids is 1. The third-order valence-corrected chi connectivity index (χ3v) is 9.26. The summed E-state index contributed by atoms with van der Waals surface area (Å²) in [5.74, 6) is -4.19. The summed E-state index contributed by atoms with van der Waals surface area (Å²) in [6.45, 7) is 5.64. The van der Waals surface area contributed by atoms with Crippen molar-refractivity contribution in [2.45, 2.75) is 109 Å². The van der Waals surface area contributed by atoms with Crippen molar-refractivity contribution in [3.8, 4) is 0 Å². The highest BCUT2D eigenvalue weighted by atomic mass is 19.4. The maximum Gasteiger partial charge on any atom is 0.490 e. The molecule has 2 heterocycles. The van der Waals surface area contributed by atoms with Gasteiger partial charge < -0.3 is 31.7 Å². The number of carboxylic acid groups (broad SMARTS) is 1. The van der Waals surface area contributed by atoms with Gasteiger partial charge >= 0.3 is 12.1 Å². The summed E-state index contributed by atoms with van der Waals surface area (Å²) in [5.41, 5.74) is 7.46. The number of carboxylic acids is 1. The molecule has 1 aromatic carbocycles. The first-order valence-corrected chi connectivity index (χ1v) is 17.1. The molecule has 14 nitrogen and oxygen atoms in total. The Bertz CT molecular complexity index is 1480. The van der Waals surface area contributed by atoms with Crippen LogP contribution >= 0.6 is 0 Å². The molecule has 5 atom stereocenters. The standard InChI is InChI=1S/C32H48N8O4.C2HF3O2/c1-20(2)28(36-30(42)21(3)34-4)32(44)39-19-25(40-18-24(37-38-40)15-22-11-7-5-8-12-22)17-27(39)31(43)35-26(29(33)41)16-23-13-9-6-10-14-23;3-2(4,5)1(6)7/h6,9-10,13-14,18,20-22,25-28,34H,5,7-8,11-12,15-17,19H2,1-4H3,(H2,33,41)(H,35,43)(H,36,42);(H,6,7)/t21-,25+,26-,27-,28-;/m0./s1. The molecule has 4 rings (SSSR count). The number of carbonyl (C=O) groups is 5. The maximum atomic E-state index is 14.1. The number of nitrogens with zero attached hydrogens (tertiary/aromatic N) is 4. The predicted octanol–water partition coefficient (Wildman–Crippen LogP) is 2.14. The van der Waals surface area contributed by atoms with Gasteiger partial charge in [0.25, 0.3) is 0 Å². The van der Waals surface area contributed by atoms with E-state index < -0.39 is 48.1 Å². The Kier molecular flexibility index (Phi) is 14.9. The normalized spacial score (nSPS) is 19.7. The lowest BCUT2D eigenvalue weighted by atomic mass is 9.86. The van der Waals surface area contributed by atoms with Gasteiger partial charge in [0.2, 0.25) is 23.6 Å². The molecule has 0 radical (unpaired) electrons. The SMILES string of the molecule is CN[C@@H](C)C(=O)N[C@H](C(=O)N1C[C@H](n2cc(CC3CCCCC3)nn2)C[C@H]1C(=O)N[C@@H](Cc1ccccc1)C(N)=O)C(C)C.O=C(O)C(F)(F)F. The summed E-state index contributed by atoms with van der Waals surface area (Å²) >= 11 is 0. The number of aromatic nitrogens is 3. The average molecular weight is 723 g/mol. The van der Waals surface area contributed by atoms with Crippen molar-refractivity contribution in [3.05, 3.63) is 47.8 Å². The van der Waals surface area contributed by atoms with Crippen molar-refractivity contribution in [3.63, 3.8) is 0 Å². The molecule has 4 amide bonds. The average Bonchev–Trinajstić information content (AvgIpc) is 3.74. The van der Waals surface area contributed by atoms with E-state index in [9.17, 15) is 32.3 Å². The number of benzene rings is 1. The molecule has 282 valence electrons. The first-order chi connectivity index (χ1) is 24.0. The number of amides is 4. The number of nitrogens with one attached hydrogen (secondary N) is 3. The van der Waals surface area contributed by atoms with E-state index in [0.717, 1.165) is 17.7 Å². The molecular formula is C34H49F3N8O6. The van der Waals surface area contributed by atoms with Gasteiger partial charge in [-0.25, -0.2) is 9.48 Å². The van der Waals surface area contributed by atoms with Gasteiger partial charge in [-0.2, -0.15) is 13.2 Å². The second-order valence-corrected chi connectivity index (χ2v) is 13.5. The van der Waals surface area contributed by atoms with Crippen molar-refractivity contribution < 1.29 is 42.3 Å². The predicted molar refractivity (Wildman–Crippen MR) is 180 cm³/mol. The molecule has 1 aliphatic carbocycles. The van der Waals surface area contributed by atoms with Crippen LogP contribution in [0.25, 0.3) is 0 Å². The van der Waals surface area contributed by atoms with E-state index in [1.807, 2.05) is 50.4 Å². The van der Waals surface area contributed by atoms with Crippen LogP contribution in [-0.4, -0.2) is 98.5 Å². The first-order valence-electron chi connectivity index (χ1n) is 17.1. The quantitative estimate of drug-likeness (QED) is 0.205. The van der Waals surface area contributed by atoms with Crippen molar-refractivity contribution >= 4 is 29.6 Å². The van der Waals surface area contributed by atoms with Crippen LogP contribution in [0, 0.1) is 11.8 Å². The van der Waals surface area contributed by atoms with Crippen molar-refractivity contribution in [1.82, 2.24) is 35.8 Å². The van der Waals surface area contributed by atoms with E-state index in [0.29, 0.717) is 5.92 Å². The zero-order valence-corrected chi connectivity index (χ0v) is 29.4. The number of hydrogen-bond acceptors (Lipinski definition) is 8. The summed E-state index contributed by atoms with van der Waals surface area (Å²) in [4.78, 5) is 63.5. The van der Waals surface area contributed by atoms with E-state index in [1.165, 1.54) is 37.0 Å². The fourth-order valence-corrected chi connectivity index (χ4v) is 6.21. The largest absolute Gasteiger partial charge is 0.490 e. The molecule has 0 bridgehead atoms. The van der Waals surface area contributed by atoms with Gasteiger partial charge in [-0.05, 0) is 37.8 Å². The van der Waals surface area contributed by atoms with Crippen molar-refractivity contribution in [2.75, 3.05) is 13.6 Å². The molecule has 17 heteroatoms. The zero-order valence-electron chi connectivity index (χ0n) is 29.4. The molecule has 0 unspecified atom stereocenters. The Morgan fingerprint density at radius 1 is 1.02 bits per heavy atom. The van der Waals surface area contributed by atoms with E-state index in [-0.39, 0.29) is 43.2 Å². The fraction of sp³-hybridized carbons (Fsp3) is 0.618. The lowest BCUT2D eigenvalue weighted by Crippen LogP contribution is -2.58. The highest BCUT2D eigenvalue weighted by molar-refractivity contribution is 5.95. The van der Waals surface area contributed by atoms with Crippen LogP contribution in [0.4, 0.5) is 13.2 Å². The number of rotatable bonds is 13. The van der Waals surface area contributed by atoms with E-state index in [1.54, 1.807) is 18.7 Å². The van der Waals surface area contributed by atoms with Gasteiger partial charge in [-0.3, -0.25) is 19.2 Å². The fourth-order valence-electron chi connectivity index (χ4n) is 6.21. The third kappa shape index (κ3) is 12.0. The molecule has 1 saturated heterocycles. The molecule has 2 aliphatic rings. The Hall–Kier alpha value is -4.54. The number of nitrogens with two attached hydrogens (primary N) is 1. The summed E-state index contributed by atoms with van der Waals surface area (Å²) in [5, 5.41) is 24.5. The summed E-state index contributed by atoms with van der Waals surface area (Å²) < 4.78 is 33.5. The lowest BCUT2D eigenvalue weighted by molar-refractivity contribution is -0.192. The number of carbonyl (C=O) groups excluding carboxylic acids is 4. The van der Waals surface area contributed by atoms with Gasteiger partial charge in [0, 0.05) is 25.6 Å². The third-order valence-electron chi connectivity index (χ3n) is 9.26. The molecule has 1 saturated carbocycles. The first kappa shape index (κ1) is 40.9. The lowest BCUT2D eigenvalue weighted by Gasteiger charge is -2.31. The second kappa shape index (κ2) is 18.6. The van der Waals surface area contributed by atoms with Crippen LogP contribution in [0.2, 0.25) is 0 Å². The molecule has 51 heavy (non-hydrogen) atoms. The topological polar surface area (TPSA) is 202 Å². The summed E-state index contributed by atoms with van der Waals surface area (Å²) in [6, 6.07) is 5.81. The molecule has 0 spiro atoms. The zero-order chi connectivity index (χ0) is 37.9. The van der Waals surface area contributed by atoms with Gasteiger partial charge in [0.15, 0.2) is 0 Å². The monoisotopic (exact) mass is 722 g/mol. The molecule has 6 N–H and O–H groups in total. The summed E-state index contributed by atoms with van der Waals surface area (Å²) in [7, 11) is 1.67. The van der Waals surface area contributed by atoms with Crippen LogP contribution in [0.5, 0.6) is 0 Å². The minimum atomic E-state index is -5.08. The van der Waals surface area contributed by atoms with E-state index in [4.69, 9.17) is 15.6 Å². The van der Waals surface area contributed by atoms with Crippen LogP contribution in [0.1, 0.15) is 76.6 Å². The number of likely N-dealkylation sites (tertiary alicyclic amines) is 1. The highest BCUT2D eigenvalue weighted by Gasteiger charge is 2.44. The van der Waals surface area contributed by atoms with Crippen molar-refractivity contribution in [2.24, 2.45) is 17.6 Å². The molecular weight excluding hydrogens is 673 g/mol. The van der Waals surface area contributed by atoms with Crippen molar-refractivity contribution in [1.29, 1.82) is 0 Å². The van der Waals surface area contributed by atoms with Gasteiger partial charge in [-0.15, -0.1) is 5.10 Å².